The Labute approximate surface area is 124 Å². The zero-order valence-electron chi connectivity index (χ0n) is 10.9. The molecule has 0 saturated heterocycles. The second-order valence-electron chi connectivity index (χ2n) is 4.49. The Hall–Kier alpha value is -2.60. The van der Waals surface area contributed by atoms with E-state index in [1.807, 2.05) is 36.4 Å². The molecule has 2 aromatic heterocycles. The lowest BCUT2D eigenvalue weighted by Crippen LogP contribution is -2.03. The normalized spacial score (nSPS) is 10.7. The third-order valence-electron chi connectivity index (χ3n) is 3.04. The minimum absolute atomic E-state index is 0.0233. The lowest BCUT2D eigenvalue weighted by molar-refractivity contribution is -0.380. The first-order chi connectivity index (χ1) is 10.1. The topological polar surface area (TPSA) is 73.1 Å². The predicted octanol–water partition coefficient (Wildman–Crippen LogP) is 3.63. The van der Waals surface area contributed by atoms with Crippen molar-refractivity contribution in [3.05, 3.63) is 69.2 Å². The van der Waals surface area contributed by atoms with Gasteiger partial charge in [0, 0.05) is 17.1 Å². The Balaban J connectivity index is 1.83. The number of thiophene rings is 1. The van der Waals surface area contributed by atoms with Crippen molar-refractivity contribution in [1.29, 1.82) is 0 Å². The van der Waals surface area contributed by atoms with Crippen molar-refractivity contribution in [3.63, 3.8) is 0 Å². The van der Waals surface area contributed by atoms with Gasteiger partial charge in [-0.1, -0.05) is 35.6 Å². The molecule has 0 aliphatic carbocycles. The van der Waals surface area contributed by atoms with E-state index in [1.54, 1.807) is 0 Å². The minimum Gasteiger partial charge on any atom is -0.293 e. The number of carbonyl (C=O) groups is 1. The maximum Gasteiger partial charge on any atom is 0.324 e. The molecule has 3 aromatic rings. The van der Waals surface area contributed by atoms with Crippen LogP contribution < -0.4 is 0 Å². The Morgan fingerprint density at radius 3 is 2.71 bits per heavy atom. The molecule has 104 valence electrons. The third kappa shape index (κ3) is 2.80. The molecular weight excluding hydrogens is 288 g/mol. The van der Waals surface area contributed by atoms with Gasteiger partial charge >= 0.3 is 5.00 Å². The van der Waals surface area contributed by atoms with Crippen LogP contribution in [0.2, 0.25) is 0 Å². The van der Waals surface area contributed by atoms with Crippen LogP contribution >= 0.6 is 11.3 Å². The highest BCUT2D eigenvalue weighted by molar-refractivity contribution is 7.17. The van der Waals surface area contributed by atoms with Crippen molar-refractivity contribution in [1.82, 2.24) is 4.98 Å². The summed E-state index contributed by atoms with van der Waals surface area (Å²) in [5.74, 6) is -0.157. The molecule has 0 unspecified atom stereocenters. The van der Waals surface area contributed by atoms with E-state index in [4.69, 9.17) is 0 Å². The van der Waals surface area contributed by atoms with Gasteiger partial charge in [0.2, 0.25) is 0 Å². The van der Waals surface area contributed by atoms with Gasteiger partial charge in [-0.15, -0.1) is 0 Å². The summed E-state index contributed by atoms with van der Waals surface area (Å²) in [6.45, 7) is 0. The molecule has 0 atom stereocenters. The number of para-hydroxylation sites is 1. The summed E-state index contributed by atoms with van der Waals surface area (Å²) < 4.78 is 0. The molecule has 5 nitrogen and oxygen atoms in total. The molecule has 0 radical (unpaired) electrons. The monoisotopic (exact) mass is 298 g/mol. The molecule has 0 bridgehead atoms. The highest BCUT2D eigenvalue weighted by Gasteiger charge is 2.16. The molecule has 0 saturated carbocycles. The summed E-state index contributed by atoms with van der Waals surface area (Å²) in [6, 6.07) is 14.2. The van der Waals surface area contributed by atoms with E-state index in [0.717, 1.165) is 22.2 Å². The zero-order valence-corrected chi connectivity index (χ0v) is 11.7. The summed E-state index contributed by atoms with van der Waals surface area (Å²) in [4.78, 5) is 27.1. The van der Waals surface area contributed by atoms with Gasteiger partial charge in [0.1, 0.15) is 0 Å². The zero-order chi connectivity index (χ0) is 14.8. The van der Waals surface area contributed by atoms with Gasteiger partial charge in [-0.3, -0.25) is 19.9 Å². The number of fused-ring (bicyclic) bond motifs is 1. The number of Topliss-reactive ketones (excluding diaryl/α,β-unsaturated/α-hetero) is 1. The van der Waals surface area contributed by atoms with Gasteiger partial charge in [0.15, 0.2) is 5.78 Å². The van der Waals surface area contributed by atoms with Gasteiger partial charge in [-0.2, -0.15) is 0 Å². The van der Waals surface area contributed by atoms with Crippen LogP contribution in [0.1, 0.15) is 15.4 Å². The van der Waals surface area contributed by atoms with Gasteiger partial charge < -0.3 is 0 Å². The van der Waals surface area contributed by atoms with Crippen LogP contribution in [-0.2, 0) is 6.42 Å². The fourth-order valence-corrected chi connectivity index (χ4v) is 2.79. The lowest BCUT2D eigenvalue weighted by Gasteiger charge is -2.01. The van der Waals surface area contributed by atoms with E-state index in [2.05, 4.69) is 4.98 Å². The van der Waals surface area contributed by atoms with E-state index in [1.165, 1.54) is 12.1 Å². The molecule has 0 spiro atoms. The van der Waals surface area contributed by atoms with Gasteiger partial charge in [-0.05, 0) is 18.2 Å². The van der Waals surface area contributed by atoms with Crippen LogP contribution in [0.4, 0.5) is 5.00 Å². The molecule has 3 rings (SSSR count). The number of ketones is 1. The number of hydrogen-bond acceptors (Lipinski definition) is 5. The van der Waals surface area contributed by atoms with E-state index in [9.17, 15) is 14.9 Å². The molecule has 0 aliphatic heterocycles. The SMILES string of the molecule is O=C(Cc1ccc2ccccc2n1)c1ccc([N+](=O)[O-])s1. The van der Waals surface area contributed by atoms with Gasteiger partial charge in [-0.25, -0.2) is 0 Å². The Bertz CT molecular complexity index is 842. The molecule has 21 heavy (non-hydrogen) atoms. The summed E-state index contributed by atoms with van der Waals surface area (Å²) in [5, 5.41) is 11.6. The summed E-state index contributed by atoms with van der Waals surface area (Å²) in [7, 11) is 0. The van der Waals surface area contributed by atoms with E-state index in [-0.39, 0.29) is 17.2 Å². The van der Waals surface area contributed by atoms with Crippen LogP contribution in [0.25, 0.3) is 10.9 Å². The van der Waals surface area contributed by atoms with Crippen molar-refractivity contribution < 1.29 is 9.72 Å². The molecule has 2 heterocycles. The van der Waals surface area contributed by atoms with Crippen molar-refractivity contribution >= 4 is 33.0 Å². The number of hydrogen-bond donors (Lipinski definition) is 0. The molecule has 0 fully saturated rings. The van der Waals surface area contributed by atoms with Gasteiger partial charge in [0.05, 0.1) is 21.7 Å². The average Bonchev–Trinajstić information content (AvgIpc) is 2.97. The van der Waals surface area contributed by atoms with Crippen LogP contribution in [0.3, 0.4) is 0 Å². The maximum atomic E-state index is 12.1. The van der Waals surface area contributed by atoms with Gasteiger partial charge in [0.25, 0.3) is 0 Å². The number of nitrogens with zero attached hydrogens (tertiary/aromatic N) is 2. The highest BCUT2D eigenvalue weighted by Crippen LogP contribution is 2.25. The number of aromatic nitrogens is 1. The maximum absolute atomic E-state index is 12.1. The van der Waals surface area contributed by atoms with Crippen LogP contribution in [-0.4, -0.2) is 15.7 Å². The molecule has 1 aromatic carbocycles. The second-order valence-corrected chi connectivity index (χ2v) is 5.55. The number of pyridine rings is 1. The van der Waals surface area contributed by atoms with E-state index >= 15 is 0 Å². The van der Waals surface area contributed by atoms with Crippen LogP contribution in [0.15, 0.2) is 48.5 Å². The van der Waals surface area contributed by atoms with E-state index in [0.29, 0.717) is 10.6 Å². The second kappa shape index (κ2) is 5.41. The molecule has 0 aliphatic rings. The first-order valence-electron chi connectivity index (χ1n) is 6.25. The van der Waals surface area contributed by atoms with Crippen LogP contribution in [0, 0.1) is 10.1 Å². The molecule has 6 heteroatoms. The number of benzene rings is 1. The largest absolute Gasteiger partial charge is 0.324 e. The molecule has 0 amide bonds. The first-order valence-corrected chi connectivity index (χ1v) is 7.07. The van der Waals surface area contributed by atoms with Crippen molar-refractivity contribution in [2.24, 2.45) is 0 Å². The Kier molecular flexibility index (Phi) is 3.45. The first kappa shape index (κ1) is 13.4. The number of carbonyl (C=O) groups excluding carboxylic acids is 1. The highest BCUT2D eigenvalue weighted by atomic mass is 32.1. The summed E-state index contributed by atoms with van der Waals surface area (Å²) >= 11 is 0.896. The summed E-state index contributed by atoms with van der Waals surface area (Å²) in [6.07, 6.45) is 0.141. The molecular formula is C15H10N2O3S. The predicted molar refractivity (Wildman–Crippen MR) is 80.8 cm³/mol. The third-order valence-corrected chi connectivity index (χ3v) is 4.12. The Morgan fingerprint density at radius 2 is 1.95 bits per heavy atom. The van der Waals surface area contributed by atoms with E-state index < -0.39 is 4.92 Å². The van der Waals surface area contributed by atoms with Crippen molar-refractivity contribution in [2.75, 3.05) is 0 Å². The Morgan fingerprint density at radius 1 is 1.14 bits per heavy atom. The number of rotatable bonds is 4. The number of nitro groups is 1. The quantitative estimate of drug-likeness (QED) is 0.419. The smallest absolute Gasteiger partial charge is 0.293 e. The minimum atomic E-state index is -0.490. The summed E-state index contributed by atoms with van der Waals surface area (Å²) in [5.41, 5.74) is 1.50. The fraction of sp³-hybridized carbons (Fsp3) is 0.0667. The standard InChI is InChI=1S/C15H10N2O3S/c18-13(14-7-8-15(21-14)17(19)20)9-11-6-5-10-3-1-2-4-12(10)16-11/h1-8H,9H2. The fourth-order valence-electron chi connectivity index (χ4n) is 2.03. The van der Waals surface area contributed by atoms with Crippen LogP contribution in [0.5, 0.6) is 0 Å². The van der Waals surface area contributed by atoms with Crippen molar-refractivity contribution in [2.45, 2.75) is 6.42 Å². The lowest BCUT2D eigenvalue weighted by atomic mass is 10.1. The van der Waals surface area contributed by atoms with Crippen molar-refractivity contribution in [3.8, 4) is 0 Å². The molecule has 0 N–H and O–H groups in total. The average molecular weight is 298 g/mol.